The quantitative estimate of drug-likeness (QED) is 0.0418. The molecule has 0 radical (unpaired) electrons. The van der Waals surface area contributed by atoms with Crippen molar-refractivity contribution in [2.45, 2.75) is 113 Å². The summed E-state index contributed by atoms with van der Waals surface area (Å²) in [7, 11) is 0. The van der Waals surface area contributed by atoms with Gasteiger partial charge in [-0.25, -0.2) is 4.79 Å². The Bertz CT molecular complexity index is 1430. The minimum Gasteiger partial charge on any atom is -0.480 e. The maximum atomic E-state index is 14.0. The van der Waals surface area contributed by atoms with Crippen LogP contribution in [0.1, 0.15) is 76.2 Å². The monoisotopic (exact) mass is 760 g/mol. The zero-order valence-corrected chi connectivity index (χ0v) is 30.5. The number of nitrogens with one attached hydrogen (secondary N) is 6. The van der Waals surface area contributed by atoms with E-state index in [1.807, 2.05) is 0 Å². The van der Waals surface area contributed by atoms with Gasteiger partial charge < -0.3 is 59.9 Å². The number of aliphatic carboxylic acids is 1. The molecule has 0 saturated carbocycles. The fourth-order valence-corrected chi connectivity index (χ4v) is 5.81. The molecule has 1 heterocycles. The molecule has 0 unspecified atom stereocenters. The zero-order chi connectivity index (χ0) is 40.0. The number of nitrogens with two attached hydrogens (primary N) is 4. The Morgan fingerprint density at radius 3 is 1.67 bits per heavy atom. The molecule has 1 saturated heterocycles. The van der Waals surface area contributed by atoms with Gasteiger partial charge in [-0.2, -0.15) is 0 Å². The molecule has 7 amide bonds. The summed E-state index contributed by atoms with van der Waals surface area (Å²) in [5.41, 5.74) is 22.5. The van der Waals surface area contributed by atoms with Gasteiger partial charge in [0.2, 0.25) is 41.4 Å². The van der Waals surface area contributed by atoms with Crippen molar-refractivity contribution in [2.24, 2.45) is 22.9 Å². The molecule has 1 aromatic carbocycles. The van der Waals surface area contributed by atoms with E-state index in [1.165, 1.54) is 0 Å². The average molecular weight is 761 g/mol. The fraction of sp³-hybridized carbons (Fsp3) is 0.600. The number of unbranched alkanes of at least 4 members (excludes halogenated alkanes) is 2. The lowest BCUT2D eigenvalue weighted by atomic mass is 10.0. The van der Waals surface area contributed by atoms with E-state index in [2.05, 4.69) is 31.9 Å². The smallest absolute Gasteiger partial charge is 0.326 e. The second kappa shape index (κ2) is 24.2. The standard InChI is InChI=1S/C35H56N10O9/c36-16-6-4-11-23(31(49)41-24(12-5-7-17-37)32(50)43-25(35(53)54)14-15-28(38)46)42-33(51)26(19-21-9-2-1-3-10-21)44-34(52)27(20-29(39)47)45-30(48)22-13-8-18-40-22/h1-3,9-10,22-27,40H,4-8,11-20,36-37H2,(H2,38,46)(H2,39,47)(H,41,49)(H,42,51)(H,43,50)(H,44,52)(H,45,48)(H,53,54)/t22-,23-,24-,25-,26-,27-/m0/s1. The topological polar surface area (TPSA) is 333 Å². The molecular weight excluding hydrogens is 704 g/mol. The molecule has 19 heteroatoms. The van der Waals surface area contributed by atoms with Crippen molar-refractivity contribution in [3.05, 3.63) is 35.9 Å². The first-order valence-electron chi connectivity index (χ1n) is 18.2. The number of carbonyl (C=O) groups is 8. The van der Waals surface area contributed by atoms with Crippen molar-refractivity contribution in [3.8, 4) is 0 Å². The van der Waals surface area contributed by atoms with Gasteiger partial charge >= 0.3 is 5.97 Å². The minimum atomic E-state index is -1.46. The SMILES string of the molecule is NCCCC[C@H](NC(=O)[C@H](CCCCN)NC(=O)[C@H](Cc1ccccc1)NC(=O)[C@H](CC(N)=O)NC(=O)[C@@H]1CCCN1)C(=O)N[C@@H](CCC(N)=O)C(=O)O. The summed E-state index contributed by atoms with van der Waals surface area (Å²) in [4.78, 5) is 102. The first-order valence-corrected chi connectivity index (χ1v) is 18.2. The molecule has 0 aliphatic carbocycles. The molecule has 300 valence electrons. The van der Waals surface area contributed by atoms with E-state index in [0.717, 1.165) is 6.42 Å². The van der Waals surface area contributed by atoms with Crippen LogP contribution < -0.4 is 54.8 Å². The Balaban J connectivity index is 2.34. The molecule has 15 N–H and O–H groups in total. The van der Waals surface area contributed by atoms with Crippen molar-refractivity contribution in [1.29, 1.82) is 0 Å². The summed E-state index contributed by atoms with van der Waals surface area (Å²) in [6.45, 7) is 1.21. The van der Waals surface area contributed by atoms with E-state index in [9.17, 15) is 43.5 Å². The molecule has 1 aliphatic heterocycles. The summed E-state index contributed by atoms with van der Waals surface area (Å²) in [5, 5.41) is 25.4. The maximum absolute atomic E-state index is 14.0. The van der Waals surface area contributed by atoms with Crippen molar-refractivity contribution in [3.63, 3.8) is 0 Å². The number of rotatable bonds is 26. The van der Waals surface area contributed by atoms with E-state index in [4.69, 9.17) is 22.9 Å². The molecule has 6 atom stereocenters. The lowest BCUT2D eigenvalue weighted by Crippen LogP contribution is -2.60. The van der Waals surface area contributed by atoms with E-state index in [-0.39, 0.29) is 32.1 Å². The second-order valence-corrected chi connectivity index (χ2v) is 13.2. The highest BCUT2D eigenvalue weighted by atomic mass is 16.4. The van der Waals surface area contributed by atoms with Gasteiger partial charge in [-0.05, 0) is 83.0 Å². The Morgan fingerprint density at radius 1 is 0.667 bits per heavy atom. The second-order valence-electron chi connectivity index (χ2n) is 13.2. The predicted octanol–water partition coefficient (Wildman–Crippen LogP) is -3.11. The summed E-state index contributed by atoms with van der Waals surface area (Å²) < 4.78 is 0. The van der Waals surface area contributed by atoms with E-state index in [0.29, 0.717) is 57.3 Å². The maximum Gasteiger partial charge on any atom is 0.326 e. The summed E-state index contributed by atoms with van der Waals surface area (Å²) in [6, 6.07) is 1.51. The predicted molar refractivity (Wildman–Crippen MR) is 197 cm³/mol. The largest absolute Gasteiger partial charge is 0.480 e. The molecule has 19 nitrogen and oxygen atoms in total. The highest BCUT2D eigenvalue weighted by Gasteiger charge is 2.34. The number of primary amides is 2. The van der Waals surface area contributed by atoms with Crippen LogP contribution in [0.3, 0.4) is 0 Å². The first-order chi connectivity index (χ1) is 25.7. The van der Waals surface area contributed by atoms with Crippen LogP contribution in [0.4, 0.5) is 0 Å². The van der Waals surface area contributed by atoms with Crippen molar-refractivity contribution >= 4 is 47.3 Å². The van der Waals surface area contributed by atoms with Crippen LogP contribution in [0, 0.1) is 0 Å². The Morgan fingerprint density at radius 2 is 1.19 bits per heavy atom. The molecule has 0 spiro atoms. The van der Waals surface area contributed by atoms with E-state index in [1.54, 1.807) is 30.3 Å². The third-order valence-corrected chi connectivity index (χ3v) is 8.78. The summed E-state index contributed by atoms with van der Waals surface area (Å²) in [5.74, 6) is -6.72. The van der Waals surface area contributed by atoms with Crippen molar-refractivity contribution in [1.82, 2.24) is 31.9 Å². The molecule has 1 aromatic rings. The molecule has 0 aromatic heterocycles. The molecule has 2 rings (SSSR count). The summed E-state index contributed by atoms with van der Waals surface area (Å²) in [6.07, 6.45) is 2.09. The van der Waals surface area contributed by atoms with Crippen LogP contribution in [0.5, 0.6) is 0 Å². The van der Waals surface area contributed by atoms with E-state index >= 15 is 0 Å². The number of benzene rings is 1. The Labute approximate surface area is 314 Å². The highest BCUT2D eigenvalue weighted by molar-refractivity contribution is 5.97. The van der Waals surface area contributed by atoms with Crippen LogP contribution >= 0.6 is 0 Å². The van der Waals surface area contributed by atoms with Gasteiger partial charge in [-0.3, -0.25) is 33.6 Å². The Kier molecular flexibility index (Phi) is 20.2. The summed E-state index contributed by atoms with van der Waals surface area (Å²) >= 11 is 0. The van der Waals surface area contributed by atoms with Gasteiger partial charge in [0, 0.05) is 12.8 Å². The third-order valence-electron chi connectivity index (χ3n) is 8.78. The normalized spacial score (nSPS) is 16.4. The van der Waals surface area contributed by atoms with Crippen LogP contribution in [0.15, 0.2) is 30.3 Å². The highest BCUT2D eigenvalue weighted by Crippen LogP contribution is 2.11. The van der Waals surface area contributed by atoms with Gasteiger partial charge in [0.15, 0.2) is 0 Å². The molecule has 1 aliphatic rings. The number of hydrogen-bond acceptors (Lipinski definition) is 11. The van der Waals surface area contributed by atoms with Gasteiger partial charge in [0.05, 0.1) is 12.5 Å². The van der Waals surface area contributed by atoms with Crippen LogP contribution in [0.25, 0.3) is 0 Å². The van der Waals surface area contributed by atoms with Gasteiger partial charge in [0.1, 0.15) is 30.2 Å². The molecule has 0 bridgehead atoms. The molecular formula is C35H56N10O9. The number of amides is 7. The number of carboxylic acid groups (broad SMARTS) is 1. The minimum absolute atomic E-state index is 0.0387. The van der Waals surface area contributed by atoms with Gasteiger partial charge in [-0.1, -0.05) is 30.3 Å². The Hall–Kier alpha value is -5.14. The zero-order valence-electron chi connectivity index (χ0n) is 30.5. The molecule has 1 fully saturated rings. The number of carbonyl (C=O) groups excluding carboxylic acids is 7. The first kappa shape index (κ1) is 45.0. The van der Waals surface area contributed by atoms with Crippen LogP contribution in [0.2, 0.25) is 0 Å². The number of carboxylic acids is 1. The number of hydrogen-bond donors (Lipinski definition) is 11. The van der Waals surface area contributed by atoms with Crippen LogP contribution in [-0.4, -0.2) is 108 Å². The van der Waals surface area contributed by atoms with Gasteiger partial charge in [-0.15, -0.1) is 0 Å². The van der Waals surface area contributed by atoms with Crippen molar-refractivity contribution in [2.75, 3.05) is 19.6 Å². The lowest BCUT2D eigenvalue weighted by molar-refractivity contribution is -0.142. The van der Waals surface area contributed by atoms with Gasteiger partial charge in [0.25, 0.3) is 0 Å². The average Bonchev–Trinajstić information content (AvgIpc) is 3.67. The van der Waals surface area contributed by atoms with Crippen molar-refractivity contribution < 1.29 is 43.5 Å². The molecule has 54 heavy (non-hydrogen) atoms. The van der Waals surface area contributed by atoms with Crippen LogP contribution in [-0.2, 0) is 44.8 Å². The third kappa shape index (κ3) is 16.7. The van der Waals surface area contributed by atoms with E-state index < -0.39 is 90.0 Å². The fourth-order valence-electron chi connectivity index (χ4n) is 5.81. The lowest BCUT2D eigenvalue weighted by Gasteiger charge is -2.27.